The molecule has 0 aromatic rings. The number of amides is 2. The second-order valence-electron chi connectivity index (χ2n) is 8.55. The van der Waals surface area contributed by atoms with Gasteiger partial charge in [0.2, 0.25) is 11.7 Å². The highest BCUT2D eigenvalue weighted by atomic mass is 16.5. The van der Waals surface area contributed by atoms with Crippen LogP contribution in [0.4, 0.5) is 0 Å². The molecule has 0 rings (SSSR count). The van der Waals surface area contributed by atoms with Crippen LogP contribution in [0.1, 0.15) is 104 Å². The smallest absolute Gasteiger partial charge is 0.325 e. The maximum atomic E-state index is 12.2. The second-order valence-corrected chi connectivity index (χ2v) is 8.55. The van der Waals surface area contributed by atoms with Gasteiger partial charge in [-0.1, -0.05) is 91.4 Å². The van der Waals surface area contributed by atoms with Gasteiger partial charge in [0, 0.05) is 6.42 Å². The van der Waals surface area contributed by atoms with Crippen LogP contribution in [0.2, 0.25) is 0 Å². The molecule has 0 aromatic heterocycles. The summed E-state index contributed by atoms with van der Waals surface area (Å²) in [6.45, 7) is 5.48. The summed E-state index contributed by atoms with van der Waals surface area (Å²) in [5.41, 5.74) is 0. The summed E-state index contributed by atoms with van der Waals surface area (Å²) in [6, 6.07) is -0.872. The number of carbonyl (C=O) groups excluding carboxylic acids is 4. The quantitative estimate of drug-likeness (QED) is 0.179. The Bertz CT molecular complexity index is 534. The molecule has 7 nitrogen and oxygen atoms in total. The van der Waals surface area contributed by atoms with Gasteiger partial charge in [-0.25, -0.2) is 0 Å². The van der Waals surface area contributed by atoms with E-state index in [0.717, 1.165) is 12.8 Å². The number of nitrogens with one attached hydrogen (secondary N) is 2. The molecule has 1 atom stereocenters. The number of unbranched alkanes of at least 4 members (excludes halogenated alkanes) is 11. The molecule has 0 aliphatic rings. The van der Waals surface area contributed by atoms with E-state index in [0.29, 0.717) is 6.42 Å². The zero-order valence-corrected chi connectivity index (χ0v) is 20.1. The van der Waals surface area contributed by atoms with Crippen molar-refractivity contribution in [1.29, 1.82) is 0 Å². The van der Waals surface area contributed by atoms with E-state index in [1.54, 1.807) is 13.8 Å². The van der Waals surface area contributed by atoms with E-state index in [9.17, 15) is 19.2 Å². The van der Waals surface area contributed by atoms with E-state index in [1.165, 1.54) is 64.9 Å². The molecule has 31 heavy (non-hydrogen) atoms. The highest BCUT2D eigenvalue weighted by Gasteiger charge is 2.26. The Morgan fingerprint density at radius 3 is 1.71 bits per heavy atom. The van der Waals surface area contributed by atoms with E-state index >= 15 is 0 Å². The number of hydrogen-bond acceptors (Lipinski definition) is 5. The molecule has 0 aliphatic heterocycles. The van der Waals surface area contributed by atoms with Crippen LogP contribution in [0, 0.1) is 5.92 Å². The molecule has 0 bridgehead atoms. The Labute approximate surface area is 188 Å². The maximum Gasteiger partial charge on any atom is 0.325 e. The molecule has 7 heteroatoms. The zero-order valence-electron chi connectivity index (χ0n) is 20.1. The molecule has 180 valence electrons. The van der Waals surface area contributed by atoms with Crippen molar-refractivity contribution in [2.45, 2.75) is 110 Å². The van der Waals surface area contributed by atoms with Crippen LogP contribution in [0.3, 0.4) is 0 Å². The fourth-order valence-electron chi connectivity index (χ4n) is 3.34. The molecular formula is C24H44N2O5. The second kappa shape index (κ2) is 18.8. The first kappa shape index (κ1) is 29.1. The van der Waals surface area contributed by atoms with Crippen LogP contribution in [0.5, 0.6) is 0 Å². The molecule has 0 radical (unpaired) electrons. The van der Waals surface area contributed by atoms with E-state index in [4.69, 9.17) is 0 Å². The molecule has 0 spiro atoms. The minimum atomic E-state index is -0.872. The summed E-state index contributed by atoms with van der Waals surface area (Å²) in [4.78, 5) is 47.6. The van der Waals surface area contributed by atoms with Crippen molar-refractivity contribution in [2.75, 3.05) is 13.7 Å². The normalized spacial score (nSPS) is 11.8. The minimum absolute atomic E-state index is 0.192. The summed E-state index contributed by atoms with van der Waals surface area (Å²) < 4.78 is 4.47. The van der Waals surface area contributed by atoms with Gasteiger partial charge in [-0.2, -0.15) is 0 Å². The Morgan fingerprint density at radius 1 is 0.774 bits per heavy atom. The average Bonchev–Trinajstić information content (AvgIpc) is 2.75. The summed E-state index contributed by atoms with van der Waals surface area (Å²) in [7, 11) is 1.23. The summed E-state index contributed by atoms with van der Waals surface area (Å²) in [5.74, 6) is -2.55. The molecule has 0 fully saturated rings. The molecular weight excluding hydrogens is 396 g/mol. The third kappa shape index (κ3) is 15.5. The number of Topliss-reactive ketones (excluding diaryl/α,β-unsaturated/α-hetero) is 1. The van der Waals surface area contributed by atoms with E-state index in [-0.39, 0.29) is 18.9 Å². The summed E-state index contributed by atoms with van der Waals surface area (Å²) >= 11 is 0. The van der Waals surface area contributed by atoms with Gasteiger partial charge in [-0.15, -0.1) is 0 Å². The van der Waals surface area contributed by atoms with Crippen molar-refractivity contribution in [3.8, 4) is 0 Å². The first-order chi connectivity index (χ1) is 14.8. The van der Waals surface area contributed by atoms with Crippen molar-refractivity contribution in [2.24, 2.45) is 5.92 Å². The van der Waals surface area contributed by atoms with Crippen LogP contribution in [-0.2, 0) is 23.9 Å². The molecule has 0 aromatic carbocycles. The van der Waals surface area contributed by atoms with Gasteiger partial charge in [0.15, 0.2) is 0 Å². The van der Waals surface area contributed by atoms with Crippen molar-refractivity contribution in [3.63, 3.8) is 0 Å². The molecule has 2 N–H and O–H groups in total. The first-order valence-electron chi connectivity index (χ1n) is 12.0. The standard InChI is InChI=1S/C24H44N2O5/c1-5-6-7-8-9-10-11-12-13-14-15-16-17-20(27)23(29)26-22(19(2)3)24(30)25-18-21(28)31-4/h19,22H,5-18H2,1-4H3,(H,25,30)(H,26,29)/t22-/m0/s1. The predicted molar refractivity (Wildman–Crippen MR) is 122 cm³/mol. The van der Waals surface area contributed by atoms with E-state index < -0.39 is 29.6 Å². The van der Waals surface area contributed by atoms with Crippen LogP contribution in [-0.4, -0.2) is 43.3 Å². The lowest BCUT2D eigenvalue weighted by atomic mass is 10.0. The molecule has 0 saturated carbocycles. The van der Waals surface area contributed by atoms with E-state index in [1.807, 2.05) is 0 Å². The number of ketones is 1. The lowest BCUT2D eigenvalue weighted by Gasteiger charge is -2.21. The lowest BCUT2D eigenvalue weighted by molar-refractivity contribution is -0.142. The van der Waals surface area contributed by atoms with Gasteiger partial charge >= 0.3 is 5.97 Å². The lowest BCUT2D eigenvalue weighted by Crippen LogP contribution is -2.52. The van der Waals surface area contributed by atoms with Crippen molar-refractivity contribution >= 4 is 23.6 Å². The fourth-order valence-corrected chi connectivity index (χ4v) is 3.34. The number of rotatable bonds is 19. The number of ether oxygens (including phenoxy) is 1. The first-order valence-corrected chi connectivity index (χ1v) is 12.0. The molecule has 0 saturated heterocycles. The summed E-state index contributed by atoms with van der Waals surface area (Å²) in [6.07, 6.45) is 14.6. The number of carbonyl (C=O) groups is 4. The SMILES string of the molecule is CCCCCCCCCCCCCCC(=O)C(=O)N[C@H](C(=O)NCC(=O)OC)C(C)C. The van der Waals surface area contributed by atoms with Gasteiger partial charge in [0.05, 0.1) is 7.11 Å². The van der Waals surface area contributed by atoms with Gasteiger partial charge in [0.1, 0.15) is 12.6 Å². The summed E-state index contributed by atoms with van der Waals surface area (Å²) in [5, 5.41) is 4.91. The van der Waals surface area contributed by atoms with Gasteiger partial charge in [-0.3, -0.25) is 19.2 Å². The molecule has 0 aliphatic carbocycles. The van der Waals surface area contributed by atoms with Crippen LogP contribution in [0.15, 0.2) is 0 Å². The van der Waals surface area contributed by atoms with Gasteiger partial charge in [-0.05, 0) is 12.3 Å². The van der Waals surface area contributed by atoms with Crippen LogP contribution >= 0.6 is 0 Å². The number of esters is 1. The van der Waals surface area contributed by atoms with E-state index in [2.05, 4.69) is 22.3 Å². The Morgan fingerprint density at radius 2 is 1.26 bits per heavy atom. The van der Waals surface area contributed by atoms with Gasteiger partial charge in [0.25, 0.3) is 5.91 Å². The molecule has 0 heterocycles. The fraction of sp³-hybridized carbons (Fsp3) is 0.833. The number of hydrogen-bond donors (Lipinski definition) is 2. The Hall–Kier alpha value is -1.92. The van der Waals surface area contributed by atoms with Crippen LogP contribution < -0.4 is 10.6 Å². The number of methoxy groups -OCH3 is 1. The maximum absolute atomic E-state index is 12.2. The third-order valence-electron chi connectivity index (χ3n) is 5.38. The van der Waals surface area contributed by atoms with Crippen molar-refractivity contribution in [3.05, 3.63) is 0 Å². The third-order valence-corrected chi connectivity index (χ3v) is 5.38. The van der Waals surface area contributed by atoms with Gasteiger partial charge < -0.3 is 15.4 Å². The highest BCUT2D eigenvalue weighted by Crippen LogP contribution is 2.12. The molecule has 0 unspecified atom stereocenters. The van der Waals surface area contributed by atoms with Crippen molar-refractivity contribution in [1.82, 2.24) is 10.6 Å². The largest absolute Gasteiger partial charge is 0.468 e. The Balaban J connectivity index is 3.95. The minimum Gasteiger partial charge on any atom is -0.468 e. The monoisotopic (exact) mass is 440 g/mol. The predicted octanol–water partition coefficient (Wildman–Crippen LogP) is 4.08. The average molecular weight is 441 g/mol. The zero-order chi connectivity index (χ0) is 23.5. The van der Waals surface area contributed by atoms with Crippen molar-refractivity contribution < 1.29 is 23.9 Å². The topological polar surface area (TPSA) is 102 Å². The highest BCUT2D eigenvalue weighted by molar-refractivity contribution is 6.36. The van der Waals surface area contributed by atoms with Crippen LogP contribution in [0.25, 0.3) is 0 Å². The molecule has 2 amide bonds. The Kier molecular flexibility index (Phi) is 17.7.